The van der Waals surface area contributed by atoms with Crippen molar-refractivity contribution in [3.8, 4) is 11.5 Å². The third-order valence-electron chi connectivity index (χ3n) is 3.63. The number of rotatable bonds is 5. The minimum absolute atomic E-state index is 0. The molecule has 21 heavy (non-hydrogen) atoms. The molecule has 120 valence electrons. The van der Waals surface area contributed by atoms with Gasteiger partial charge in [0, 0.05) is 32.2 Å². The fraction of sp³-hybridized carbons (Fsp3) is 0.571. The lowest BCUT2D eigenvalue weighted by atomic mass is 10.0. The number of hydrogen-bond donors (Lipinski definition) is 2. The van der Waals surface area contributed by atoms with Crippen LogP contribution >= 0.6 is 28.3 Å². The van der Waals surface area contributed by atoms with Crippen LogP contribution in [0.4, 0.5) is 4.39 Å². The number of aromatic hydroxyl groups is 1. The molecule has 2 N–H and O–H groups in total. The molecule has 0 saturated carbocycles. The Balaban J connectivity index is 0.00000220. The Morgan fingerprint density at radius 1 is 1.43 bits per heavy atom. The van der Waals surface area contributed by atoms with E-state index in [1.54, 1.807) is 6.07 Å². The van der Waals surface area contributed by atoms with E-state index in [-0.39, 0.29) is 30.9 Å². The minimum atomic E-state index is -0.366. The maximum absolute atomic E-state index is 12.9. The number of phenols is 1. The van der Waals surface area contributed by atoms with Gasteiger partial charge in [-0.3, -0.25) is 9.29 Å². The van der Waals surface area contributed by atoms with E-state index in [9.17, 15) is 9.50 Å². The first-order valence-corrected chi connectivity index (χ1v) is 7.53. The largest absolute Gasteiger partial charge is 0.503 e. The summed E-state index contributed by atoms with van der Waals surface area (Å²) >= 11 is 3.33. The fourth-order valence-corrected chi connectivity index (χ4v) is 3.06. The van der Waals surface area contributed by atoms with Gasteiger partial charge in [0.1, 0.15) is 0 Å². The summed E-state index contributed by atoms with van der Waals surface area (Å²) < 4.78 is 18.7. The van der Waals surface area contributed by atoms with Gasteiger partial charge in [0.25, 0.3) is 0 Å². The van der Waals surface area contributed by atoms with Crippen LogP contribution in [-0.4, -0.2) is 50.0 Å². The molecule has 7 heteroatoms. The number of nitrogens with zero attached hydrogens (tertiary/aromatic N) is 1. The van der Waals surface area contributed by atoms with Crippen LogP contribution < -0.4 is 10.1 Å². The summed E-state index contributed by atoms with van der Waals surface area (Å²) in [6.07, 6.45) is 0.445. The highest BCUT2D eigenvalue weighted by molar-refractivity contribution is 9.10. The van der Waals surface area contributed by atoms with Gasteiger partial charge < -0.3 is 15.2 Å². The topological polar surface area (TPSA) is 44.7 Å². The Morgan fingerprint density at radius 3 is 2.67 bits per heavy atom. The first-order valence-electron chi connectivity index (χ1n) is 6.74. The Kier molecular flexibility index (Phi) is 7.73. The molecule has 1 aliphatic rings. The van der Waals surface area contributed by atoms with Crippen LogP contribution in [0, 0.1) is 0 Å². The van der Waals surface area contributed by atoms with Gasteiger partial charge in [-0.1, -0.05) is 0 Å². The fourth-order valence-electron chi connectivity index (χ4n) is 2.60. The predicted molar refractivity (Wildman–Crippen MR) is 87.4 cm³/mol. The van der Waals surface area contributed by atoms with Crippen molar-refractivity contribution in [3.63, 3.8) is 0 Å². The number of nitrogens with one attached hydrogen (secondary N) is 1. The summed E-state index contributed by atoms with van der Waals surface area (Å²) in [5.74, 6) is 0.490. The average molecular weight is 384 g/mol. The normalized spacial score (nSPS) is 17.1. The molecule has 1 saturated heterocycles. The van der Waals surface area contributed by atoms with E-state index >= 15 is 0 Å². The molecule has 1 aliphatic heterocycles. The molecule has 1 aromatic carbocycles. The van der Waals surface area contributed by atoms with Gasteiger partial charge in [0.05, 0.1) is 18.3 Å². The summed E-state index contributed by atoms with van der Waals surface area (Å²) in [7, 11) is 1.51. The maximum Gasteiger partial charge on any atom is 0.172 e. The Hall–Kier alpha value is -0.560. The van der Waals surface area contributed by atoms with Crippen molar-refractivity contribution in [3.05, 3.63) is 22.2 Å². The quantitative estimate of drug-likeness (QED) is 0.821. The molecule has 1 fully saturated rings. The Morgan fingerprint density at radius 2 is 2.10 bits per heavy atom. The Bertz CT molecular complexity index is 459. The zero-order chi connectivity index (χ0) is 14.5. The summed E-state index contributed by atoms with van der Waals surface area (Å²) in [5.41, 5.74) is 0.964. The van der Waals surface area contributed by atoms with Crippen LogP contribution in [0.15, 0.2) is 16.6 Å². The molecule has 1 atom stereocenters. The number of methoxy groups -OCH3 is 1. The lowest BCUT2D eigenvalue weighted by Crippen LogP contribution is -2.45. The number of alkyl halides is 1. The molecule has 0 spiro atoms. The second-order valence-corrected chi connectivity index (χ2v) is 5.69. The third-order valence-corrected chi connectivity index (χ3v) is 4.23. The summed E-state index contributed by atoms with van der Waals surface area (Å²) in [6.45, 7) is 3.25. The predicted octanol–water partition coefficient (Wildman–Crippen LogP) is 2.89. The van der Waals surface area contributed by atoms with Crippen LogP contribution in [-0.2, 0) is 0 Å². The molecule has 1 heterocycles. The van der Waals surface area contributed by atoms with Gasteiger partial charge in [-0.05, 0) is 40.0 Å². The van der Waals surface area contributed by atoms with Crippen LogP contribution in [0.2, 0.25) is 0 Å². The van der Waals surface area contributed by atoms with E-state index in [4.69, 9.17) is 4.74 Å². The second-order valence-electron chi connectivity index (χ2n) is 4.83. The van der Waals surface area contributed by atoms with E-state index in [1.807, 2.05) is 6.07 Å². The average Bonchev–Trinajstić information content (AvgIpc) is 2.48. The van der Waals surface area contributed by atoms with Crippen molar-refractivity contribution in [2.24, 2.45) is 0 Å². The molecule has 0 aromatic heterocycles. The standard InChI is InChI=1S/C14H20BrFN2O2.ClH/c1-20-13-9-10(8-11(15)14(13)19)12(2-3-16)18-6-4-17-5-7-18;/h8-9,12,17,19H,2-7H2,1H3;1H/t12-;/m0./s1. The van der Waals surface area contributed by atoms with Crippen molar-refractivity contribution in [2.75, 3.05) is 40.0 Å². The first kappa shape index (κ1) is 18.5. The van der Waals surface area contributed by atoms with Crippen LogP contribution in [0.25, 0.3) is 0 Å². The summed E-state index contributed by atoms with van der Waals surface area (Å²) in [4.78, 5) is 2.27. The number of hydrogen-bond acceptors (Lipinski definition) is 4. The van der Waals surface area contributed by atoms with Crippen LogP contribution in [0.5, 0.6) is 11.5 Å². The number of piperazine rings is 1. The van der Waals surface area contributed by atoms with E-state index in [1.165, 1.54) is 7.11 Å². The van der Waals surface area contributed by atoms with E-state index in [2.05, 4.69) is 26.1 Å². The van der Waals surface area contributed by atoms with E-state index in [0.717, 1.165) is 31.7 Å². The first-order chi connectivity index (χ1) is 9.67. The number of phenolic OH excluding ortho intramolecular Hbond substituents is 1. The molecule has 1 aromatic rings. The van der Waals surface area contributed by atoms with Gasteiger partial charge >= 0.3 is 0 Å². The third kappa shape index (κ3) is 4.45. The minimum Gasteiger partial charge on any atom is -0.503 e. The van der Waals surface area contributed by atoms with Crippen molar-refractivity contribution in [1.29, 1.82) is 0 Å². The zero-order valence-electron chi connectivity index (χ0n) is 11.9. The number of benzene rings is 1. The molecular weight excluding hydrogens is 363 g/mol. The van der Waals surface area contributed by atoms with Crippen molar-refractivity contribution < 1.29 is 14.2 Å². The van der Waals surface area contributed by atoms with Gasteiger partial charge in [-0.25, -0.2) is 0 Å². The van der Waals surface area contributed by atoms with Crippen molar-refractivity contribution in [1.82, 2.24) is 10.2 Å². The Labute approximate surface area is 139 Å². The SMILES string of the molecule is COc1cc([C@H](CCF)N2CCNCC2)cc(Br)c1O.Cl. The molecule has 2 rings (SSSR count). The van der Waals surface area contributed by atoms with Crippen molar-refractivity contribution >= 4 is 28.3 Å². The maximum atomic E-state index is 12.9. The highest BCUT2D eigenvalue weighted by atomic mass is 79.9. The number of ether oxygens (including phenoxy) is 1. The van der Waals surface area contributed by atoms with Gasteiger partial charge in [-0.2, -0.15) is 0 Å². The molecule has 0 unspecified atom stereocenters. The van der Waals surface area contributed by atoms with Crippen LogP contribution in [0.3, 0.4) is 0 Å². The molecule has 0 radical (unpaired) electrons. The molecule has 0 aliphatic carbocycles. The van der Waals surface area contributed by atoms with E-state index in [0.29, 0.717) is 16.6 Å². The lowest BCUT2D eigenvalue weighted by Gasteiger charge is -2.35. The zero-order valence-corrected chi connectivity index (χ0v) is 14.3. The van der Waals surface area contributed by atoms with Crippen molar-refractivity contribution in [2.45, 2.75) is 12.5 Å². The molecule has 4 nitrogen and oxygen atoms in total. The van der Waals surface area contributed by atoms with Gasteiger partial charge in [-0.15, -0.1) is 12.4 Å². The molecule has 0 amide bonds. The highest BCUT2D eigenvalue weighted by Gasteiger charge is 2.23. The smallest absolute Gasteiger partial charge is 0.172 e. The lowest BCUT2D eigenvalue weighted by molar-refractivity contribution is 0.157. The van der Waals surface area contributed by atoms with Crippen LogP contribution in [0.1, 0.15) is 18.0 Å². The van der Waals surface area contributed by atoms with Gasteiger partial charge in [0.15, 0.2) is 11.5 Å². The van der Waals surface area contributed by atoms with Gasteiger partial charge in [0.2, 0.25) is 0 Å². The molecular formula is C14H21BrClFN2O2. The number of halogens is 3. The summed E-state index contributed by atoms with van der Waals surface area (Å²) in [5, 5.41) is 13.2. The molecule has 0 bridgehead atoms. The second kappa shape index (κ2) is 8.78. The monoisotopic (exact) mass is 382 g/mol. The van der Waals surface area contributed by atoms with E-state index < -0.39 is 0 Å². The highest BCUT2D eigenvalue weighted by Crippen LogP contribution is 2.38. The summed E-state index contributed by atoms with van der Waals surface area (Å²) in [6, 6.07) is 3.65.